The van der Waals surface area contributed by atoms with Gasteiger partial charge in [0.1, 0.15) is 0 Å². The van der Waals surface area contributed by atoms with Gasteiger partial charge in [-0.3, -0.25) is 0 Å². The van der Waals surface area contributed by atoms with Gasteiger partial charge in [0.05, 0.1) is 5.60 Å². The van der Waals surface area contributed by atoms with Crippen molar-refractivity contribution >= 4 is 15.6 Å². The average Bonchev–Trinajstić information content (AvgIpc) is 1.30. The molecule has 0 fully saturated rings. The first-order valence-electron chi connectivity index (χ1n) is 2.26. The van der Waals surface area contributed by atoms with Crippen molar-refractivity contribution in [3.05, 3.63) is 0 Å². The second-order valence-electron chi connectivity index (χ2n) is 2.36. The molecule has 0 N–H and O–H groups in total. The lowest BCUT2D eigenvalue weighted by Crippen LogP contribution is -2.18. The second kappa shape index (κ2) is 2.26. The first-order valence-corrected chi connectivity index (χ1v) is 3.38. The summed E-state index contributed by atoms with van der Waals surface area (Å²) in [5.41, 5.74) is 0.000193. The standard InChI is InChI=1S/C5H11OSi/c1-5(2,3)6-7-4/h4H2,1-3H3. The zero-order valence-electron chi connectivity index (χ0n) is 5.12. The molecule has 0 saturated carbocycles. The van der Waals surface area contributed by atoms with Crippen LogP contribution in [0.2, 0.25) is 0 Å². The third-order valence-electron chi connectivity index (χ3n) is 0.378. The van der Waals surface area contributed by atoms with Gasteiger partial charge in [-0.05, 0) is 20.8 Å². The summed E-state index contributed by atoms with van der Waals surface area (Å²) < 4.78 is 5.15. The minimum atomic E-state index is 0.000193. The Labute approximate surface area is 47.3 Å². The van der Waals surface area contributed by atoms with Crippen LogP contribution in [-0.2, 0) is 4.43 Å². The molecule has 0 heterocycles. The smallest absolute Gasteiger partial charge is 0.273 e. The molecule has 41 valence electrons. The van der Waals surface area contributed by atoms with E-state index < -0.39 is 0 Å². The molecule has 0 aromatic carbocycles. The molecule has 0 unspecified atom stereocenters. The molecule has 0 atom stereocenters. The third kappa shape index (κ3) is 5.89. The van der Waals surface area contributed by atoms with Crippen LogP contribution in [-0.4, -0.2) is 21.2 Å². The summed E-state index contributed by atoms with van der Waals surface area (Å²) in [5, 5.41) is 0. The first kappa shape index (κ1) is 6.89. The van der Waals surface area contributed by atoms with Crippen LogP contribution in [0.3, 0.4) is 0 Å². The fourth-order valence-electron chi connectivity index (χ4n) is 0.217. The van der Waals surface area contributed by atoms with Gasteiger partial charge < -0.3 is 4.43 Å². The van der Waals surface area contributed by atoms with Crippen molar-refractivity contribution in [2.45, 2.75) is 26.4 Å². The van der Waals surface area contributed by atoms with Gasteiger partial charge in [0.15, 0.2) is 0 Å². The highest BCUT2D eigenvalue weighted by atomic mass is 28.2. The molecular formula is C5H11OSi. The Morgan fingerprint density at radius 2 is 1.86 bits per heavy atom. The SMILES string of the molecule is C=[Si]OC(C)(C)C. The van der Waals surface area contributed by atoms with Gasteiger partial charge in [-0.15, -0.1) is 0 Å². The summed E-state index contributed by atoms with van der Waals surface area (Å²) in [6, 6.07) is 0. The fraction of sp³-hybridized carbons (Fsp3) is 0.800. The van der Waals surface area contributed by atoms with Crippen molar-refractivity contribution in [2.24, 2.45) is 0 Å². The van der Waals surface area contributed by atoms with Crippen LogP contribution in [0.5, 0.6) is 0 Å². The topological polar surface area (TPSA) is 9.23 Å². The van der Waals surface area contributed by atoms with Crippen molar-refractivity contribution in [1.29, 1.82) is 0 Å². The first-order chi connectivity index (χ1) is 3.06. The fourth-order valence-corrected chi connectivity index (χ4v) is 0.650. The molecule has 0 amide bonds. The summed E-state index contributed by atoms with van der Waals surface area (Å²) in [5.74, 6) is 0. The number of hydrogen-bond donors (Lipinski definition) is 0. The zero-order chi connectivity index (χ0) is 5.91. The summed E-state index contributed by atoms with van der Waals surface area (Å²) in [6.07, 6.45) is 3.58. The molecule has 0 aliphatic rings. The molecule has 7 heavy (non-hydrogen) atoms. The highest BCUT2D eigenvalue weighted by molar-refractivity contribution is 6.34. The minimum absolute atomic E-state index is 0.000193. The third-order valence-corrected chi connectivity index (χ3v) is 1.14. The van der Waals surface area contributed by atoms with Crippen LogP contribution in [0, 0.1) is 0 Å². The average molecular weight is 115 g/mol. The summed E-state index contributed by atoms with van der Waals surface area (Å²) in [7, 11) is 0.359. The van der Waals surface area contributed by atoms with Crippen LogP contribution in [0.15, 0.2) is 0 Å². The zero-order valence-corrected chi connectivity index (χ0v) is 6.12. The highest BCUT2D eigenvalue weighted by Crippen LogP contribution is 2.02. The summed E-state index contributed by atoms with van der Waals surface area (Å²) in [4.78, 5) is 0. The van der Waals surface area contributed by atoms with Gasteiger partial charge in [-0.2, -0.15) is 0 Å². The van der Waals surface area contributed by atoms with Gasteiger partial charge in [0.2, 0.25) is 0 Å². The van der Waals surface area contributed by atoms with Gasteiger partial charge >= 0.3 is 0 Å². The van der Waals surface area contributed by atoms with E-state index in [1.54, 1.807) is 0 Å². The molecule has 0 rings (SSSR count). The predicted octanol–water partition coefficient (Wildman–Crippen LogP) is 0.853. The van der Waals surface area contributed by atoms with E-state index in [4.69, 9.17) is 4.43 Å². The van der Waals surface area contributed by atoms with E-state index in [0.717, 1.165) is 0 Å². The molecule has 0 aromatic rings. The maximum atomic E-state index is 5.15. The maximum Gasteiger partial charge on any atom is 0.273 e. The van der Waals surface area contributed by atoms with E-state index in [-0.39, 0.29) is 5.60 Å². The van der Waals surface area contributed by atoms with Gasteiger partial charge in [0.25, 0.3) is 9.38 Å². The molecule has 0 aromatic heterocycles. The molecule has 1 nitrogen and oxygen atoms in total. The van der Waals surface area contributed by atoms with E-state index in [0.29, 0.717) is 9.38 Å². The van der Waals surface area contributed by atoms with E-state index in [2.05, 4.69) is 6.17 Å². The second-order valence-corrected chi connectivity index (χ2v) is 2.85. The van der Waals surface area contributed by atoms with Gasteiger partial charge in [-0.25, -0.2) is 0 Å². The quantitative estimate of drug-likeness (QED) is 0.460. The van der Waals surface area contributed by atoms with Crippen molar-refractivity contribution in [3.63, 3.8) is 0 Å². The van der Waals surface area contributed by atoms with Crippen LogP contribution in [0.1, 0.15) is 20.8 Å². The normalized spacial score (nSPS) is 10.7. The lowest BCUT2D eigenvalue weighted by Gasteiger charge is -2.17. The van der Waals surface area contributed by atoms with Crippen LogP contribution < -0.4 is 0 Å². The Balaban J connectivity index is 3.34. The molecular weight excluding hydrogens is 104 g/mol. The monoisotopic (exact) mass is 115 g/mol. The minimum Gasteiger partial charge on any atom is -0.544 e. The highest BCUT2D eigenvalue weighted by Gasteiger charge is 2.05. The van der Waals surface area contributed by atoms with Crippen molar-refractivity contribution in [3.8, 4) is 0 Å². The predicted molar refractivity (Wildman–Crippen MR) is 33.7 cm³/mol. The van der Waals surface area contributed by atoms with E-state index >= 15 is 0 Å². The van der Waals surface area contributed by atoms with E-state index in [1.165, 1.54) is 0 Å². The Hall–Kier alpha value is -0.113. The van der Waals surface area contributed by atoms with E-state index in [9.17, 15) is 0 Å². The lowest BCUT2D eigenvalue weighted by atomic mass is 10.2. The molecule has 0 bridgehead atoms. The Morgan fingerprint density at radius 1 is 1.43 bits per heavy atom. The summed E-state index contributed by atoms with van der Waals surface area (Å²) in [6.45, 7) is 6.06. The number of hydrogen-bond acceptors (Lipinski definition) is 1. The van der Waals surface area contributed by atoms with Gasteiger partial charge in [-0.1, -0.05) is 6.17 Å². The van der Waals surface area contributed by atoms with E-state index in [1.807, 2.05) is 20.8 Å². The Bertz CT molecular complexity index is 63.0. The number of rotatable bonds is 1. The molecule has 2 heteroatoms. The van der Waals surface area contributed by atoms with Crippen LogP contribution in [0.25, 0.3) is 0 Å². The molecule has 0 aliphatic heterocycles. The van der Waals surface area contributed by atoms with Crippen LogP contribution in [0.4, 0.5) is 0 Å². The Morgan fingerprint density at radius 3 is 1.86 bits per heavy atom. The molecule has 1 radical (unpaired) electrons. The molecule has 0 spiro atoms. The molecule has 0 saturated heterocycles. The summed E-state index contributed by atoms with van der Waals surface area (Å²) >= 11 is 0. The largest absolute Gasteiger partial charge is 0.544 e. The van der Waals surface area contributed by atoms with Gasteiger partial charge in [0, 0.05) is 0 Å². The molecule has 0 aliphatic carbocycles. The van der Waals surface area contributed by atoms with Crippen molar-refractivity contribution in [2.75, 3.05) is 0 Å². The maximum absolute atomic E-state index is 5.15. The van der Waals surface area contributed by atoms with Crippen molar-refractivity contribution < 1.29 is 4.43 Å². The van der Waals surface area contributed by atoms with Crippen molar-refractivity contribution in [1.82, 2.24) is 0 Å². The Kier molecular flexibility index (Phi) is 2.22. The lowest BCUT2D eigenvalue weighted by molar-refractivity contribution is 0.145. The van der Waals surface area contributed by atoms with Crippen LogP contribution >= 0.6 is 0 Å².